The maximum absolute atomic E-state index is 13.0. The number of hydrogen-bond donors (Lipinski definition) is 7. The molecule has 0 bridgehead atoms. The zero-order chi connectivity index (χ0) is 48.2. The Morgan fingerprint density at radius 1 is 0.500 bits per heavy atom. The molecule has 15 nitrogen and oxygen atoms in total. The van der Waals surface area contributed by atoms with Gasteiger partial charge in [0.15, 0.2) is 18.7 Å². The van der Waals surface area contributed by atoms with Gasteiger partial charge in [-0.25, -0.2) is 0 Å². The third-order valence-corrected chi connectivity index (χ3v) is 11.5. The number of allylic oxidation sites excluding steroid dienone is 10. The molecule has 0 aliphatic carbocycles. The molecule has 0 saturated carbocycles. The fraction of sp³-hybridized carbons (Fsp3) is 0.765. The summed E-state index contributed by atoms with van der Waals surface area (Å²) in [5.74, 6) is -0.995. The van der Waals surface area contributed by atoms with Crippen molar-refractivity contribution in [3.8, 4) is 0 Å². The number of ether oxygens (including phenoxy) is 6. The Kier molecular flexibility index (Phi) is 34.2. The quantitative estimate of drug-likeness (QED) is 0.0201. The molecule has 0 radical (unpaired) electrons. The molecule has 380 valence electrons. The van der Waals surface area contributed by atoms with Gasteiger partial charge in [-0.2, -0.15) is 0 Å². The lowest BCUT2D eigenvalue weighted by Gasteiger charge is -2.42. The summed E-state index contributed by atoms with van der Waals surface area (Å²) >= 11 is 0. The number of hydrogen-bond acceptors (Lipinski definition) is 15. The van der Waals surface area contributed by atoms with E-state index in [1.807, 2.05) is 12.2 Å². The van der Waals surface area contributed by atoms with E-state index in [1.54, 1.807) is 0 Å². The van der Waals surface area contributed by atoms with Gasteiger partial charge in [-0.1, -0.05) is 152 Å². The summed E-state index contributed by atoms with van der Waals surface area (Å²) in [6.45, 7) is 2.40. The van der Waals surface area contributed by atoms with Crippen LogP contribution in [0.25, 0.3) is 0 Å². The number of unbranched alkanes of at least 4 members (excludes halogenated alkanes) is 13. The molecule has 0 aromatic heterocycles. The predicted molar refractivity (Wildman–Crippen MR) is 252 cm³/mol. The summed E-state index contributed by atoms with van der Waals surface area (Å²) < 4.78 is 33.5. The van der Waals surface area contributed by atoms with Gasteiger partial charge in [-0.05, 0) is 51.4 Å². The van der Waals surface area contributed by atoms with Crippen molar-refractivity contribution >= 4 is 11.9 Å². The first-order valence-corrected chi connectivity index (χ1v) is 24.9. The molecule has 0 spiro atoms. The molecule has 2 saturated heterocycles. The van der Waals surface area contributed by atoms with Crippen LogP contribution in [0.2, 0.25) is 0 Å². The van der Waals surface area contributed by atoms with Crippen molar-refractivity contribution in [3.63, 3.8) is 0 Å². The molecule has 2 fully saturated rings. The van der Waals surface area contributed by atoms with Crippen LogP contribution in [0.15, 0.2) is 60.8 Å². The van der Waals surface area contributed by atoms with Crippen LogP contribution in [0.1, 0.15) is 155 Å². The summed E-state index contributed by atoms with van der Waals surface area (Å²) in [6.07, 6.45) is 25.4. The molecule has 0 aromatic rings. The number of rotatable bonds is 37. The molecule has 11 unspecified atom stereocenters. The van der Waals surface area contributed by atoms with Gasteiger partial charge in [-0.15, -0.1) is 0 Å². The third-order valence-electron chi connectivity index (χ3n) is 11.5. The first-order chi connectivity index (χ1) is 32.0. The van der Waals surface area contributed by atoms with Gasteiger partial charge >= 0.3 is 11.9 Å². The highest BCUT2D eigenvalue weighted by molar-refractivity contribution is 5.70. The van der Waals surface area contributed by atoms with Crippen LogP contribution in [0, 0.1) is 0 Å². The molecule has 2 aliphatic rings. The molecule has 2 aliphatic heterocycles. The maximum atomic E-state index is 13.0. The van der Waals surface area contributed by atoms with E-state index in [9.17, 15) is 45.3 Å². The Hall–Kier alpha value is -2.80. The van der Waals surface area contributed by atoms with Gasteiger partial charge in [0.1, 0.15) is 55.4 Å². The third kappa shape index (κ3) is 26.1. The molecule has 11 atom stereocenters. The van der Waals surface area contributed by atoms with Gasteiger partial charge in [0.05, 0.1) is 19.8 Å². The first kappa shape index (κ1) is 59.3. The van der Waals surface area contributed by atoms with Gasteiger partial charge in [0.25, 0.3) is 0 Å². The summed E-state index contributed by atoms with van der Waals surface area (Å²) in [5, 5.41) is 72.0. The van der Waals surface area contributed by atoms with Crippen LogP contribution in [-0.2, 0) is 38.0 Å². The fourth-order valence-electron chi connectivity index (χ4n) is 7.43. The van der Waals surface area contributed by atoms with E-state index in [-0.39, 0.29) is 19.4 Å². The topological polar surface area (TPSA) is 231 Å². The van der Waals surface area contributed by atoms with Crippen molar-refractivity contribution in [1.29, 1.82) is 0 Å². The second-order valence-electron chi connectivity index (χ2n) is 17.3. The largest absolute Gasteiger partial charge is 0.462 e. The summed E-state index contributed by atoms with van der Waals surface area (Å²) in [7, 11) is 0. The van der Waals surface area contributed by atoms with Crippen LogP contribution in [-0.4, -0.2) is 142 Å². The van der Waals surface area contributed by atoms with E-state index in [2.05, 4.69) is 62.5 Å². The van der Waals surface area contributed by atoms with E-state index in [0.29, 0.717) is 19.3 Å². The molecule has 7 N–H and O–H groups in total. The Morgan fingerprint density at radius 3 is 1.48 bits per heavy atom. The van der Waals surface area contributed by atoms with Crippen LogP contribution < -0.4 is 0 Å². The average molecular weight is 939 g/mol. The SMILES string of the molecule is CCC=CCC=CCC=CCC=CCC=CCCCC(=O)OCC(COC1OC(COC2OC(CO)C(O)C(O)C2O)C(O)C(O)C1O)OC(=O)CCCCCCCCCCCCCCC. The second kappa shape index (κ2) is 38.1. The molecule has 2 heterocycles. The number of aliphatic hydroxyl groups excluding tert-OH is 7. The van der Waals surface area contributed by atoms with E-state index in [0.717, 1.165) is 51.4 Å². The van der Waals surface area contributed by atoms with E-state index >= 15 is 0 Å². The number of carbonyl (C=O) groups excluding carboxylic acids is 2. The smallest absolute Gasteiger partial charge is 0.306 e. The van der Waals surface area contributed by atoms with E-state index < -0.39 is 99.3 Å². The van der Waals surface area contributed by atoms with Crippen molar-refractivity contribution < 1.29 is 73.8 Å². The Balaban J connectivity index is 1.85. The lowest BCUT2D eigenvalue weighted by Crippen LogP contribution is -2.61. The molecular weight excluding hydrogens is 853 g/mol. The molecule has 66 heavy (non-hydrogen) atoms. The summed E-state index contributed by atoms with van der Waals surface area (Å²) in [5.41, 5.74) is 0. The fourth-order valence-corrected chi connectivity index (χ4v) is 7.43. The molecule has 0 aromatic carbocycles. The molecule has 2 rings (SSSR count). The van der Waals surface area contributed by atoms with Gasteiger partial charge < -0.3 is 64.2 Å². The van der Waals surface area contributed by atoms with Gasteiger partial charge in [0, 0.05) is 12.8 Å². The van der Waals surface area contributed by atoms with Gasteiger partial charge in [-0.3, -0.25) is 9.59 Å². The highest BCUT2D eigenvalue weighted by Gasteiger charge is 2.47. The standard InChI is InChI=1S/C51H86O15/c1-3-5-7-9-11-13-15-17-18-19-20-22-23-25-27-29-31-33-42(53)61-36-39(64-43(54)34-32-30-28-26-24-21-16-14-12-10-8-6-4-2)37-62-50-49(60)47(58)45(56)41(66-50)38-63-51-48(59)46(57)44(55)40(35-52)65-51/h5,7,11,13,17-18,20,22,25,27,39-41,44-52,55-60H,3-4,6,8-10,12,14-16,19,21,23-24,26,28-38H2,1-2H3. The highest BCUT2D eigenvalue weighted by atomic mass is 16.7. The Bertz CT molecular complexity index is 1380. The van der Waals surface area contributed by atoms with Crippen molar-refractivity contribution in [2.45, 2.75) is 223 Å². The molecular formula is C51H86O15. The predicted octanol–water partition coefficient (Wildman–Crippen LogP) is 6.49. The maximum Gasteiger partial charge on any atom is 0.306 e. The van der Waals surface area contributed by atoms with Gasteiger partial charge in [0.2, 0.25) is 0 Å². The van der Waals surface area contributed by atoms with Crippen molar-refractivity contribution in [2.24, 2.45) is 0 Å². The summed E-state index contributed by atoms with van der Waals surface area (Å²) in [6, 6.07) is 0. The Labute approximate surface area is 394 Å². The van der Waals surface area contributed by atoms with E-state index in [4.69, 9.17) is 28.4 Å². The van der Waals surface area contributed by atoms with Crippen LogP contribution in [0.5, 0.6) is 0 Å². The number of esters is 2. The van der Waals surface area contributed by atoms with Crippen LogP contribution in [0.4, 0.5) is 0 Å². The molecule has 15 heteroatoms. The lowest BCUT2D eigenvalue weighted by atomic mass is 9.98. The van der Waals surface area contributed by atoms with E-state index in [1.165, 1.54) is 57.8 Å². The number of carbonyl (C=O) groups is 2. The van der Waals surface area contributed by atoms with Crippen LogP contribution >= 0.6 is 0 Å². The first-order valence-electron chi connectivity index (χ1n) is 24.9. The normalized spacial score (nSPS) is 26.7. The zero-order valence-electron chi connectivity index (χ0n) is 39.9. The van der Waals surface area contributed by atoms with Crippen LogP contribution in [0.3, 0.4) is 0 Å². The number of aliphatic hydroxyl groups is 7. The monoisotopic (exact) mass is 939 g/mol. The minimum Gasteiger partial charge on any atom is -0.462 e. The minimum atomic E-state index is -1.77. The second-order valence-corrected chi connectivity index (χ2v) is 17.3. The van der Waals surface area contributed by atoms with Crippen molar-refractivity contribution in [2.75, 3.05) is 26.4 Å². The van der Waals surface area contributed by atoms with Crippen molar-refractivity contribution in [1.82, 2.24) is 0 Å². The highest BCUT2D eigenvalue weighted by Crippen LogP contribution is 2.26. The average Bonchev–Trinajstić information content (AvgIpc) is 3.31. The molecule has 0 amide bonds. The summed E-state index contributed by atoms with van der Waals surface area (Å²) in [4.78, 5) is 25.7. The van der Waals surface area contributed by atoms with Crippen molar-refractivity contribution in [3.05, 3.63) is 60.8 Å². The minimum absolute atomic E-state index is 0.138. The lowest BCUT2D eigenvalue weighted by molar-refractivity contribution is -0.332. The zero-order valence-corrected chi connectivity index (χ0v) is 39.9. The Morgan fingerprint density at radius 2 is 0.955 bits per heavy atom.